The second-order valence-electron chi connectivity index (χ2n) is 9.24. The number of hydrogen-bond donors (Lipinski definition) is 1. The maximum absolute atomic E-state index is 3.87. The lowest BCUT2D eigenvalue weighted by Gasteiger charge is -2.46. The molecule has 0 aromatic heterocycles. The molecule has 0 heterocycles. The zero-order valence-corrected chi connectivity index (χ0v) is 14.8. The molecule has 0 atom stereocenters. The normalized spacial score (nSPS) is 22.2. The van der Waals surface area contributed by atoms with Gasteiger partial charge in [-0.25, -0.2) is 0 Å². The summed E-state index contributed by atoms with van der Waals surface area (Å²) in [7, 11) is 0. The summed E-state index contributed by atoms with van der Waals surface area (Å²) in [6.07, 6.45) is 3.92. The molecule has 0 bridgehead atoms. The van der Waals surface area contributed by atoms with E-state index in [1.54, 1.807) is 0 Å². The van der Waals surface area contributed by atoms with Crippen molar-refractivity contribution in [1.29, 1.82) is 0 Å². The maximum atomic E-state index is 3.87. The van der Waals surface area contributed by atoms with Crippen molar-refractivity contribution in [2.24, 2.45) is 10.8 Å². The molecule has 1 aliphatic carbocycles. The second kappa shape index (κ2) is 5.76. The molecular weight excluding hydrogens is 254 g/mol. The molecule has 1 aromatic rings. The first-order valence-electron chi connectivity index (χ1n) is 8.39. The van der Waals surface area contributed by atoms with Gasteiger partial charge in [-0.05, 0) is 35.7 Å². The minimum Gasteiger partial charge on any atom is -0.313 e. The Hall–Kier alpha value is -0.820. The summed E-state index contributed by atoms with van der Waals surface area (Å²) < 4.78 is 0. The molecule has 0 amide bonds. The molecule has 0 spiro atoms. The Kier molecular flexibility index (Phi) is 4.54. The largest absolute Gasteiger partial charge is 0.313 e. The average molecular weight is 287 g/mol. The quantitative estimate of drug-likeness (QED) is 0.806. The van der Waals surface area contributed by atoms with Gasteiger partial charge in [-0.2, -0.15) is 0 Å². The van der Waals surface area contributed by atoms with E-state index in [1.807, 2.05) is 0 Å². The third-order valence-corrected chi connectivity index (χ3v) is 4.94. The molecule has 1 heteroatoms. The maximum Gasteiger partial charge on any atom is 0.00775 e. The van der Waals surface area contributed by atoms with Crippen molar-refractivity contribution in [2.75, 3.05) is 6.54 Å². The summed E-state index contributed by atoms with van der Waals surface area (Å²) in [6.45, 7) is 15.4. The van der Waals surface area contributed by atoms with Gasteiger partial charge >= 0.3 is 0 Å². The third-order valence-electron chi connectivity index (χ3n) is 4.94. The van der Waals surface area contributed by atoms with Crippen LogP contribution in [0, 0.1) is 10.8 Å². The van der Waals surface area contributed by atoms with Crippen LogP contribution in [0.3, 0.4) is 0 Å². The van der Waals surface area contributed by atoms with Gasteiger partial charge in [0.2, 0.25) is 0 Å². The van der Waals surface area contributed by atoms with Gasteiger partial charge in [-0.3, -0.25) is 0 Å². The Balaban J connectivity index is 1.99. The van der Waals surface area contributed by atoms with Gasteiger partial charge in [0.1, 0.15) is 0 Å². The topological polar surface area (TPSA) is 12.0 Å². The summed E-state index contributed by atoms with van der Waals surface area (Å²) in [6, 6.07) is 11.5. The second-order valence-corrected chi connectivity index (χ2v) is 9.24. The lowest BCUT2D eigenvalue weighted by Crippen LogP contribution is -2.47. The van der Waals surface area contributed by atoms with Crippen LogP contribution in [0.4, 0.5) is 0 Å². The van der Waals surface area contributed by atoms with Gasteiger partial charge in [-0.15, -0.1) is 0 Å². The molecule has 118 valence electrons. The fourth-order valence-electron chi connectivity index (χ4n) is 4.38. The van der Waals surface area contributed by atoms with Crippen molar-refractivity contribution in [3.63, 3.8) is 0 Å². The van der Waals surface area contributed by atoms with Crippen molar-refractivity contribution in [1.82, 2.24) is 5.32 Å². The predicted molar refractivity (Wildman–Crippen MR) is 92.7 cm³/mol. The van der Waals surface area contributed by atoms with Crippen molar-refractivity contribution in [2.45, 2.75) is 72.3 Å². The standard InChI is InChI=1S/C20H33N/c1-18(2)12-17(13-19(3,4)14-18)21-15-20(5,6)16-10-8-7-9-11-16/h7-11,17,21H,12-15H2,1-6H3. The fourth-order valence-corrected chi connectivity index (χ4v) is 4.38. The number of rotatable bonds is 4. The smallest absolute Gasteiger partial charge is 0.00775 e. The van der Waals surface area contributed by atoms with Crippen molar-refractivity contribution < 1.29 is 0 Å². The van der Waals surface area contributed by atoms with Crippen LogP contribution in [-0.4, -0.2) is 12.6 Å². The van der Waals surface area contributed by atoms with Gasteiger partial charge in [0.05, 0.1) is 0 Å². The average Bonchev–Trinajstić information content (AvgIpc) is 2.34. The van der Waals surface area contributed by atoms with E-state index in [0.29, 0.717) is 16.9 Å². The number of benzene rings is 1. The molecule has 1 aliphatic rings. The highest BCUT2D eigenvalue weighted by atomic mass is 14.9. The molecule has 21 heavy (non-hydrogen) atoms. The van der Waals surface area contributed by atoms with Crippen molar-refractivity contribution >= 4 is 0 Å². The minimum atomic E-state index is 0.187. The molecule has 0 saturated heterocycles. The first-order valence-corrected chi connectivity index (χ1v) is 8.39. The third kappa shape index (κ3) is 4.57. The Labute approximate surface area is 131 Å². The van der Waals surface area contributed by atoms with Crippen molar-refractivity contribution in [3.8, 4) is 0 Å². The Morgan fingerprint density at radius 1 is 1.00 bits per heavy atom. The zero-order valence-electron chi connectivity index (χ0n) is 14.8. The highest BCUT2D eigenvalue weighted by Gasteiger charge is 2.38. The number of hydrogen-bond acceptors (Lipinski definition) is 1. The van der Waals surface area contributed by atoms with Gasteiger partial charge in [-0.1, -0.05) is 71.9 Å². The summed E-state index contributed by atoms with van der Waals surface area (Å²) >= 11 is 0. The zero-order chi connectivity index (χ0) is 15.7. The highest BCUT2D eigenvalue weighted by Crippen LogP contribution is 2.45. The SMILES string of the molecule is CC1(C)CC(NCC(C)(C)c2ccccc2)CC(C)(C)C1. The van der Waals surface area contributed by atoms with Gasteiger partial charge in [0.25, 0.3) is 0 Å². The van der Waals surface area contributed by atoms with Crippen LogP contribution >= 0.6 is 0 Å². The molecule has 2 rings (SSSR count). The lowest BCUT2D eigenvalue weighted by atomic mass is 9.63. The van der Waals surface area contributed by atoms with Crippen LogP contribution in [0.5, 0.6) is 0 Å². The van der Waals surface area contributed by atoms with E-state index in [2.05, 4.69) is 77.2 Å². The van der Waals surface area contributed by atoms with Crippen LogP contribution in [-0.2, 0) is 5.41 Å². The Morgan fingerprint density at radius 2 is 1.52 bits per heavy atom. The molecule has 0 aliphatic heterocycles. The summed E-state index contributed by atoms with van der Waals surface area (Å²) in [5.41, 5.74) is 2.52. The Bertz CT molecular complexity index is 440. The van der Waals surface area contributed by atoms with E-state index in [0.717, 1.165) is 6.54 Å². The van der Waals surface area contributed by atoms with Crippen LogP contribution in [0.25, 0.3) is 0 Å². The molecule has 1 aromatic carbocycles. The predicted octanol–water partition coefficient (Wildman–Crippen LogP) is 5.16. The number of nitrogens with one attached hydrogen (secondary N) is 1. The first-order chi connectivity index (χ1) is 9.60. The molecule has 1 nitrogen and oxygen atoms in total. The molecular formula is C20H33N. The summed E-state index contributed by atoms with van der Waals surface area (Å²) in [5.74, 6) is 0. The first kappa shape index (κ1) is 16.5. The minimum absolute atomic E-state index is 0.187. The lowest BCUT2D eigenvalue weighted by molar-refractivity contribution is 0.0830. The molecule has 0 radical (unpaired) electrons. The van der Waals surface area contributed by atoms with E-state index >= 15 is 0 Å². The summed E-state index contributed by atoms with van der Waals surface area (Å²) in [5, 5.41) is 3.87. The molecule has 1 fully saturated rings. The molecule has 0 unspecified atom stereocenters. The molecule has 1 N–H and O–H groups in total. The van der Waals surface area contributed by atoms with Gasteiger partial charge < -0.3 is 5.32 Å². The summed E-state index contributed by atoms with van der Waals surface area (Å²) in [4.78, 5) is 0. The van der Waals surface area contributed by atoms with E-state index in [4.69, 9.17) is 0 Å². The van der Waals surface area contributed by atoms with Gasteiger partial charge in [0.15, 0.2) is 0 Å². The Morgan fingerprint density at radius 3 is 2.05 bits per heavy atom. The monoisotopic (exact) mass is 287 g/mol. The fraction of sp³-hybridized carbons (Fsp3) is 0.700. The van der Waals surface area contributed by atoms with E-state index in [1.165, 1.54) is 24.8 Å². The van der Waals surface area contributed by atoms with E-state index in [-0.39, 0.29) is 5.41 Å². The van der Waals surface area contributed by atoms with Crippen LogP contribution in [0.15, 0.2) is 30.3 Å². The van der Waals surface area contributed by atoms with E-state index < -0.39 is 0 Å². The van der Waals surface area contributed by atoms with Crippen LogP contribution in [0.1, 0.15) is 66.4 Å². The van der Waals surface area contributed by atoms with Crippen LogP contribution < -0.4 is 5.32 Å². The van der Waals surface area contributed by atoms with Gasteiger partial charge in [0, 0.05) is 18.0 Å². The highest BCUT2D eigenvalue weighted by molar-refractivity contribution is 5.23. The van der Waals surface area contributed by atoms with Crippen LogP contribution in [0.2, 0.25) is 0 Å². The van der Waals surface area contributed by atoms with Crippen molar-refractivity contribution in [3.05, 3.63) is 35.9 Å². The van der Waals surface area contributed by atoms with E-state index in [9.17, 15) is 0 Å². The molecule has 1 saturated carbocycles.